The SMILES string of the molecule is O=C(O)[C@@H]1CC[C@H](NC(=O)N(CCO)CCO)C1. The summed E-state index contributed by atoms with van der Waals surface area (Å²) in [5.41, 5.74) is 0. The summed E-state index contributed by atoms with van der Waals surface area (Å²) in [6, 6.07) is -0.507. The van der Waals surface area contributed by atoms with E-state index in [-0.39, 0.29) is 44.3 Å². The number of hydrogen-bond donors (Lipinski definition) is 4. The number of carbonyl (C=O) groups excluding carboxylic acids is 1. The van der Waals surface area contributed by atoms with Crippen LogP contribution in [0.15, 0.2) is 0 Å². The van der Waals surface area contributed by atoms with Gasteiger partial charge in [0.15, 0.2) is 0 Å². The molecule has 18 heavy (non-hydrogen) atoms. The maximum atomic E-state index is 11.8. The Morgan fingerprint density at radius 1 is 1.17 bits per heavy atom. The van der Waals surface area contributed by atoms with Gasteiger partial charge in [-0.3, -0.25) is 4.79 Å². The number of amides is 2. The maximum absolute atomic E-state index is 11.8. The maximum Gasteiger partial charge on any atom is 0.317 e. The molecule has 0 heterocycles. The normalized spacial score (nSPS) is 22.8. The highest BCUT2D eigenvalue weighted by Gasteiger charge is 2.31. The first kappa shape index (κ1) is 14.7. The van der Waals surface area contributed by atoms with Crippen molar-refractivity contribution in [3.8, 4) is 0 Å². The molecule has 2 atom stereocenters. The third kappa shape index (κ3) is 4.15. The van der Waals surface area contributed by atoms with Crippen molar-refractivity contribution in [3.05, 3.63) is 0 Å². The van der Waals surface area contributed by atoms with Crippen LogP contribution in [0.2, 0.25) is 0 Å². The van der Waals surface area contributed by atoms with Gasteiger partial charge < -0.3 is 25.5 Å². The average molecular weight is 260 g/mol. The van der Waals surface area contributed by atoms with Crippen LogP contribution in [0, 0.1) is 5.92 Å². The number of hydrogen-bond acceptors (Lipinski definition) is 4. The van der Waals surface area contributed by atoms with Gasteiger partial charge in [0, 0.05) is 19.1 Å². The van der Waals surface area contributed by atoms with Crippen LogP contribution in [0.4, 0.5) is 4.79 Å². The van der Waals surface area contributed by atoms with E-state index in [2.05, 4.69) is 5.32 Å². The van der Waals surface area contributed by atoms with Crippen molar-refractivity contribution < 1.29 is 24.9 Å². The molecule has 4 N–H and O–H groups in total. The third-order valence-electron chi connectivity index (χ3n) is 3.14. The first-order valence-electron chi connectivity index (χ1n) is 6.08. The predicted octanol–water partition coefficient (Wildman–Crippen LogP) is -0.764. The Morgan fingerprint density at radius 3 is 2.22 bits per heavy atom. The number of carboxylic acid groups (broad SMARTS) is 1. The zero-order valence-electron chi connectivity index (χ0n) is 10.2. The van der Waals surface area contributed by atoms with Gasteiger partial charge in [-0.1, -0.05) is 0 Å². The smallest absolute Gasteiger partial charge is 0.317 e. The molecule has 0 radical (unpaired) electrons. The van der Waals surface area contributed by atoms with E-state index in [0.717, 1.165) is 0 Å². The zero-order valence-corrected chi connectivity index (χ0v) is 10.2. The van der Waals surface area contributed by atoms with Crippen molar-refractivity contribution >= 4 is 12.0 Å². The van der Waals surface area contributed by atoms with Gasteiger partial charge in [-0.2, -0.15) is 0 Å². The minimum absolute atomic E-state index is 0.140. The molecule has 0 aliphatic heterocycles. The number of urea groups is 1. The number of carbonyl (C=O) groups is 2. The second-order valence-electron chi connectivity index (χ2n) is 4.43. The van der Waals surface area contributed by atoms with Crippen LogP contribution in [0.25, 0.3) is 0 Å². The molecule has 104 valence electrons. The molecule has 0 aromatic heterocycles. The fourth-order valence-corrected chi connectivity index (χ4v) is 2.16. The second kappa shape index (κ2) is 7.17. The Bertz CT molecular complexity index is 291. The highest BCUT2D eigenvalue weighted by atomic mass is 16.4. The molecule has 0 aromatic carbocycles. The van der Waals surface area contributed by atoms with Crippen LogP contribution in [-0.2, 0) is 4.79 Å². The van der Waals surface area contributed by atoms with Crippen molar-refractivity contribution in [1.29, 1.82) is 0 Å². The Labute approximate surface area is 105 Å². The minimum Gasteiger partial charge on any atom is -0.481 e. The summed E-state index contributed by atoms with van der Waals surface area (Å²) in [7, 11) is 0. The van der Waals surface area contributed by atoms with Gasteiger partial charge in [-0.15, -0.1) is 0 Å². The van der Waals surface area contributed by atoms with Crippen LogP contribution >= 0.6 is 0 Å². The topological polar surface area (TPSA) is 110 Å². The molecule has 0 saturated heterocycles. The quantitative estimate of drug-likeness (QED) is 0.501. The monoisotopic (exact) mass is 260 g/mol. The molecule has 0 bridgehead atoms. The molecule has 1 aliphatic carbocycles. The molecule has 7 nitrogen and oxygen atoms in total. The first-order chi connectivity index (χ1) is 8.58. The molecule has 0 aromatic rings. The van der Waals surface area contributed by atoms with E-state index in [9.17, 15) is 9.59 Å². The molecule has 0 spiro atoms. The van der Waals surface area contributed by atoms with E-state index in [0.29, 0.717) is 19.3 Å². The number of nitrogens with zero attached hydrogens (tertiary/aromatic N) is 1. The largest absolute Gasteiger partial charge is 0.481 e. The van der Waals surface area contributed by atoms with Crippen LogP contribution in [0.5, 0.6) is 0 Å². The first-order valence-corrected chi connectivity index (χ1v) is 6.08. The van der Waals surface area contributed by atoms with E-state index in [4.69, 9.17) is 15.3 Å². The van der Waals surface area contributed by atoms with Gasteiger partial charge in [-0.25, -0.2) is 4.79 Å². The second-order valence-corrected chi connectivity index (χ2v) is 4.43. The van der Waals surface area contributed by atoms with Gasteiger partial charge in [0.25, 0.3) is 0 Å². The van der Waals surface area contributed by atoms with Crippen LogP contribution in [0.1, 0.15) is 19.3 Å². The van der Waals surface area contributed by atoms with E-state index < -0.39 is 5.97 Å². The van der Waals surface area contributed by atoms with Crippen LogP contribution < -0.4 is 5.32 Å². The van der Waals surface area contributed by atoms with E-state index in [1.807, 2.05) is 0 Å². The number of aliphatic hydroxyl groups excluding tert-OH is 2. The summed E-state index contributed by atoms with van der Waals surface area (Å²) in [4.78, 5) is 23.9. The van der Waals surface area contributed by atoms with Gasteiger partial charge in [0.1, 0.15) is 0 Å². The fourth-order valence-electron chi connectivity index (χ4n) is 2.16. The van der Waals surface area contributed by atoms with Crippen molar-refractivity contribution in [2.24, 2.45) is 5.92 Å². The van der Waals surface area contributed by atoms with Crippen molar-refractivity contribution in [1.82, 2.24) is 10.2 Å². The van der Waals surface area contributed by atoms with Gasteiger partial charge in [-0.05, 0) is 19.3 Å². The average Bonchev–Trinajstić information content (AvgIpc) is 2.77. The molecule has 7 heteroatoms. The number of aliphatic carboxylic acids is 1. The summed E-state index contributed by atoms with van der Waals surface area (Å²) < 4.78 is 0. The fraction of sp³-hybridized carbons (Fsp3) is 0.818. The van der Waals surface area contributed by atoms with Gasteiger partial charge in [0.05, 0.1) is 19.1 Å². The minimum atomic E-state index is -0.825. The summed E-state index contributed by atoms with van der Waals surface area (Å²) in [5, 5.41) is 29.2. The standard InChI is InChI=1S/C11H20N2O5/c14-5-3-13(4-6-15)11(18)12-9-2-1-8(7-9)10(16)17/h8-9,14-15H,1-7H2,(H,12,18)(H,16,17)/t8-,9+/m1/s1. The van der Waals surface area contributed by atoms with Crippen molar-refractivity contribution in [2.45, 2.75) is 25.3 Å². The van der Waals surface area contributed by atoms with Crippen molar-refractivity contribution in [2.75, 3.05) is 26.3 Å². The van der Waals surface area contributed by atoms with E-state index in [1.54, 1.807) is 0 Å². The highest BCUT2D eigenvalue weighted by Crippen LogP contribution is 2.25. The van der Waals surface area contributed by atoms with Crippen LogP contribution in [0.3, 0.4) is 0 Å². The summed E-state index contributed by atoms with van der Waals surface area (Å²) >= 11 is 0. The molecular weight excluding hydrogens is 240 g/mol. The van der Waals surface area contributed by atoms with Crippen LogP contribution in [-0.4, -0.2) is 64.6 Å². The molecule has 1 fully saturated rings. The Morgan fingerprint density at radius 2 is 1.78 bits per heavy atom. The van der Waals surface area contributed by atoms with E-state index in [1.165, 1.54) is 4.90 Å². The van der Waals surface area contributed by atoms with Crippen molar-refractivity contribution in [3.63, 3.8) is 0 Å². The summed E-state index contributed by atoms with van der Waals surface area (Å²) in [5.74, 6) is -1.21. The number of nitrogens with one attached hydrogen (secondary N) is 1. The molecule has 1 saturated carbocycles. The summed E-state index contributed by atoms with van der Waals surface area (Å²) in [6.45, 7) is -0.0331. The zero-order chi connectivity index (χ0) is 13.5. The van der Waals surface area contributed by atoms with Gasteiger partial charge in [0.2, 0.25) is 0 Å². The van der Waals surface area contributed by atoms with E-state index >= 15 is 0 Å². The lowest BCUT2D eigenvalue weighted by molar-refractivity contribution is -0.141. The Kier molecular flexibility index (Phi) is 5.87. The summed E-state index contributed by atoms with van der Waals surface area (Å²) in [6.07, 6.45) is 1.65. The molecule has 1 rings (SSSR count). The predicted molar refractivity (Wildman–Crippen MR) is 63.0 cm³/mol. The number of aliphatic hydroxyl groups is 2. The Balaban J connectivity index is 2.41. The lowest BCUT2D eigenvalue weighted by atomic mass is 10.1. The van der Waals surface area contributed by atoms with Gasteiger partial charge >= 0.3 is 12.0 Å². The molecule has 1 aliphatic rings. The molecular formula is C11H20N2O5. The number of rotatable bonds is 6. The molecule has 2 amide bonds. The molecule has 0 unspecified atom stereocenters. The highest BCUT2D eigenvalue weighted by molar-refractivity contribution is 5.75. The lowest BCUT2D eigenvalue weighted by Gasteiger charge is -2.23. The third-order valence-corrected chi connectivity index (χ3v) is 3.14. The number of carboxylic acids is 1. The Hall–Kier alpha value is -1.34. The lowest BCUT2D eigenvalue weighted by Crippen LogP contribution is -2.46.